The van der Waals surface area contributed by atoms with Crippen molar-refractivity contribution in [1.29, 1.82) is 0 Å². The van der Waals surface area contributed by atoms with Gasteiger partial charge < -0.3 is 15.5 Å². The number of anilines is 2. The molecule has 1 amide bonds. The topological polar surface area (TPSA) is 70.2 Å². The van der Waals surface area contributed by atoms with Crippen LogP contribution < -0.4 is 10.6 Å². The van der Waals surface area contributed by atoms with Crippen LogP contribution in [0, 0.1) is 6.92 Å². The van der Waals surface area contributed by atoms with E-state index < -0.39 is 11.7 Å². The lowest BCUT2D eigenvalue weighted by atomic mass is 10.2. The van der Waals surface area contributed by atoms with Gasteiger partial charge in [0.1, 0.15) is 17.3 Å². The van der Waals surface area contributed by atoms with Gasteiger partial charge in [0.2, 0.25) is 0 Å². The first-order chi connectivity index (χ1) is 12.6. The van der Waals surface area contributed by atoms with Crippen LogP contribution in [0.15, 0.2) is 30.3 Å². The van der Waals surface area contributed by atoms with Crippen LogP contribution in [-0.2, 0) is 6.18 Å². The number of amides is 1. The highest BCUT2D eigenvalue weighted by molar-refractivity contribution is 5.93. The molecule has 1 aromatic heterocycles. The maximum atomic E-state index is 12.6. The van der Waals surface area contributed by atoms with Crippen LogP contribution in [0.1, 0.15) is 28.3 Å². The Balaban J connectivity index is 2.05. The van der Waals surface area contributed by atoms with E-state index in [1.54, 1.807) is 6.92 Å². The van der Waals surface area contributed by atoms with Crippen LogP contribution in [0.5, 0.6) is 0 Å². The van der Waals surface area contributed by atoms with Crippen molar-refractivity contribution < 1.29 is 18.0 Å². The molecule has 27 heavy (non-hydrogen) atoms. The van der Waals surface area contributed by atoms with E-state index >= 15 is 0 Å². The monoisotopic (exact) mass is 381 g/mol. The summed E-state index contributed by atoms with van der Waals surface area (Å²) in [5.74, 6) is 0.390. The van der Waals surface area contributed by atoms with Crippen LogP contribution in [-0.4, -0.2) is 48.0 Å². The highest BCUT2D eigenvalue weighted by Crippen LogP contribution is 2.30. The minimum Gasteiger partial charge on any atom is -0.351 e. The molecule has 0 aliphatic rings. The van der Waals surface area contributed by atoms with Crippen molar-refractivity contribution in [3.8, 4) is 0 Å². The summed E-state index contributed by atoms with van der Waals surface area (Å²) in [7, 11) is 3.91. The van der Waals surface area contributed by atoms with Crippen LogP contribution in [0.2, 0.25) is 0 Å². The molecule has 0 fully saturated rings. The van der Waals surface area contributed by atoms with Crippen molar-refractivity contribution in [2.75, 3.05) is 32.5 Å². The molecule has 2 N–H and O–H groups in total. The number of halogens is 3. The Morgan fingerprint density at radius 3 is 2.41 bits per heavy atom. The average Bonchev–Trinajstić information content (AvgIpc) is 2.57. The lowest BCUT2D eigenvalue weighted by Crippen LogP contribution is -2.28. The summed E-state index contributed by atoms with van der Waals surface area (Å²) in [5, 5.41) is 5.68. The molecule has 0 bridgehead atoms. The average molecular weight is 381 g/mol. The van der Waals surface area contributed by atoms with E-state index in [2.05, 4.69) is 20.6 Å². The van der Waals surface area contributed by atoms with Crippen LogP contribution >= 0.6 is 0 Å². The molecule has 0 radical (unpaired) electrons. The number of aromatic nitrogens is 2. The number of benzene rings is 1. The molecule has 2 rings (SSSR count). The molecule has 0 aliphatic heterocycles. The molecule has 6 nitrogen and oxygen atoms in total. The Labute approximate surface area is 155 Å². The van der Waals surface area contributed by atoms with E-state index in [1.807, 2.05) is 19.0 Å². The molecule has 2 aromatic rings. The third kappa shape index (κ3) is 6.52. The second kappa shape index (κ2) is 8.81. The number of nitrogens with one attached hydrogen (secondary N) is 2. The summed E-state index contributed by atoms with van der Waals surface area (Å²) in [6.07, 6.45) is -3.58. The zero-order valence-electron chi connectivity index (χ0n) is 15.4. The maximum absolute atomic E-state index is 12.6. The molecule has 1 aromatic carbocycles. The van der Waals surface area contributed by atoms with Gasteiger partial charge in [0, 0.05) is 18.3 Å². The van der Waals surface area contributed by atoms with Gasteiger partial charge in [-0.15, -0.1) is 0 Å². The molecule has 1 heterocycles. The first-order valence-electron chi connectivity index (χ1n) is 8.38. The normalized spacial score (nSPS) is 11.5. The first kappa shape index (κ1) is 20.6. The van der Waals surface area contributed by atoms with Gasteiger partial charge in [0.25, 0.3) is 5.91 Å². The van der Waals surface area contributed by atoms with Crippen LogP contribution in [0.25, 0.3) is 0 Å². The predicted octanol–water partition coefficient (Wildman–Crippen LogP) is 3.23. The number of alkyl halides is 3. The standard InChI is InChI=1S/C18H22F3N5O/c1-12-23-15(17(27)22-9-4-10-26(2)3)11-16(24-12)25-14-7-5-13(6-8-14)18(19,20)21/h5-8,11H,4,9-10H2,1-3H3,(H,22,27)(H,23,24,25). The van der Waals surface area contributed by atoms with Crippen molar-refractivity contribution in [2.24, 2.45) is 0 Å². The van der Waals surface area contributed by atoms with Crippen molar-refractivity contribution >= 4 is 17.4 Å². The predicted molar refractivity (Wildman–Crippen MR) is 97.0 cm³/mol. The van der Waals surface area contributed by atoms with E-state index in [9.17, 15) is 18.0 Å². The molecular weight excluding hydrogens is 359 g/mol. The Bertz CT molecular complexity index is 776. The Morgan fingerprint density at radius 1 is 1.15 bits per heavy atom. The minimum absolute atomic E-state index is 0.196. The summed E-state index contributed by atoms with van der Waals surface area (Å²) < 4.78 is 37.9. The Hall–Kier alpha value is -2.68. The summed E-state index contributed by atoms with van der Waals surface area (Å²) in [5.41, 5.74) is -0.107. The Morgan fingerprint density at radius 2 is 1.81 bits per heavy atom. The summed E-state index contributed by atoms with van der Waals surface area (Å²) in [6.45, 7) is 3.01. The highest BCUT2D eigenvalue weighted by atomic mass is 19.4. The second-order valence-electron chi connectivity index (χ2n) is 6.30. The molecule has 0 saturated heterocycles. The second-order valence-corrected chi connectivity index (χ2v) is 6.30. The molecule has 0 spiro atoms. The van der Waals surface area contributed by atoms with Crippen molar-refractivity contribution in [3.05, 3.63) is 47.4 Å². The van der Waals surface area contributed by atoms with Gasteiger partial charge in [-0.25, -0.2) is 9.97 Å². The van der Waals surface area contributed by atoms with Gasteiger partial charge in [0.15, 0.2) is 0 Å². The molecule has 0 unspecified atom stereocenters. The lowest BCUT2D eigenvalue weighted by Gasteiger charge is -2.11. The summed E-state index contributed by atoms with van der Waals surface area (Å²) >= 11 is 0. The number of aryl methyl sites for hydroxylation is 1. The number of nitrogens with zero attached hydrogens (tertiary/aromatic N) is 3. The molecule has 9 heteroatoms. The third-order valence-corrected chi connectivity index (χ3v) is 3.62. The molecule has 0 aliphatic carbocycles. The van der Waals surface area contributed by atoms with E-state index in [0.29, 0.717) is 23.9 Å². The van der Waals surface area contributed by atoms with Crippen LogP contribution in [0.4, 0.5) is 24.7 Å². The number of hydrogen-bond donors (Lipinski definition) is 2. The van der Waals surface area contributed by atoms with Gasteiger partial charge in [-0.2, -0.15) is 13.2 Å². The number of hydrogen-bond acceptors (Lipinski definition) is 5. The Kier molecular flexibility index (Phi) is 6.73. The zero-order valence-corrected chi connectivity index (χ0v) is 15.4. The number of carbonyl (C=O) groups excluding carboxylic acids is 1. The molecule has 0 saturated carbocycles. The number of rotatable bonds is 7. The fourth-order valence-electron chi connectivity index (χ4n) is 2.33. The van der Waals surface area contributed by atoms with Gasteiger partial charge in [-0.1, -0.05) is 0 Å². The number of carbonyl (C=O) groups is 1. The van der Waals surface area contributed by atoms with E-state index in [1.165, 1.54) is 18.2 Å². The van der Waals surface area contributed by atoms with E-state index in [4.69, 9.17) is 0 Å². The largest absolute Gasteiger partial charge is 0.416 e. The van der Waals surface area contributed by atoms with Gasteiger partial charge in [-0.05, 0) is 58.3 Å². The van der Waals surface area contributed by atoms with Gasteiger partial charge in [0.05, 0.1) is 5.56 Å². The fraction of sp³-hybridized carbons (Fsp3) is 0.389. The maximum Gasteiger partial charge on any atom is 0.416 e. The quantitative estimate of drug-likeness (QED) is 0.721. The highest BCUT2D eigenvalue weighted by Gasteiger charge is 2.29. The summed E-state index contributed by atoms with van der Waals surface area (Å²) in [4.78, 5) is 22.5. The fourth-order valence-corrected chi connectivity index (χ4v) is 2.33. The first-order valence-corrected chi connectivity index (χ1v) is 8.38. The smallest absolute Gasteiger partial charge is 0.351 e. The molecule has 146 valence electrons. The zero-order chi connectivity index (χ0) is 20.0. The van der Waals surface area contributed by atoms with E-state index in [-0.39, 0.29) is 11.6 Å². The van der Waals surface area contributed by atoms with Crippen molar-refractivity contribution in [3.63, 3.8) is 0 Å². The van der Waals surface area contributed by atoms with Gasteiger partial charge >= 0.3 is 6.18 Å². The summed E-state index contributed by atoms with van der Waals surface area (Å²) in [6, 6.07) is 6.04. The van der Waals surface area contributed by atoms with E-state index in [0.717, 1.165) is 25.1 Å². The van der Waals surface area contributed by atoms with Crippen molar-refractivity contribution in [2.45, 2.75) is 19.5 Å². The molecular formula is C18H22F3N5O. The SMILES string of the molecule is Cc1nc(Nc2ccc(C(F)(F)F)cc2)cc(C(=O)NCCCN(C)C)n1. The molecule has 0 atom stereocenters. The minimum atomic E-state index is -4.39. The van der Waals surface area contributed by atoms with Crippen molar-refractivity contribution in [1.82, 2.24) is 20.2 Å². The lowest BCUT2D eigenvalue weighted by molar-refractivity contribution is -0.137. The third-order valence-electron chi connectivity index (χ3n) is 3.62. The van der Waals surface area contributed by atoms with Crippen LogP contribution in [0.3, 0.4) is 0 Å². The van der Waals surface area contributed by atoms with Gasteiger partial charge in [-0.3, -0.25) is 4.79 Å².